The van der Waals surface area contributed by atoms with Crippen LogP contribution in [0.15, 0.2) is 0 Å². The standard InChI is InChI=1S/C16H33N3/c1-4-14-7-5-9-16(11-14,13-17)19-10-6-8-15(19)12-18(2)3/h14-15H,4-13,17H2,1-3H3. The second-order valence-electron chi connectivity index (χ2n) is 7.05. The van der Waals surface area contributed by atoms with E-state index in [9.17, 15) is 0 Å². The molecule has 0 spiro atoms. The van der Waals surface area contributed by atoms with Crippen LogP contribution in [0, 0.1) is 5.92 Å². The molecule has 3 unspecified atom stereocenters. The van der Waals surface area contributed by atoms with Crippen molar-refractivity contribution in [3.05, 3.63) is 0 Å². The molecule has 3 atom stereocenters. The van der Waals surface area contributed by atoms with Crippen LogP contribution < -0.4 is 5.73 Å². The molecule has 1 saturated heterocycles. The van der Waals surface area contributed by atoms with Crippen molar-refractivity contribution in [2.45, 2.75) is 63.5 Å². The van der Waals surface area contributed by atoms with Crippen LogP contribution in [0.3, 0.4) is 0 Å². The van der Waals surface area contributed by atoms with E-state index < -0.39 is 0 Å². The summed E-state index contributed by atoms with van der Waals surface area (Å²) in [6, 6.07) is 0.731. The maximum atomic E-state index is 6.27. The zero-order valence-corrected chi connectivity index (χ0v) is 13.2. The minimum Gasteiger partial charge on any atom is -0.329 e. The second kappa shape index (κ2) is 6.55. The molecule has 0 radical (unpaired) electrons. The lowest BCUT2D eigenvalue weighted by atomic mass is 9.73. The van der Waals surface area contributed by atoms with Crippen LogP contribution >= 0.6 is 0 Å². The molecule has 0 amide bonds. The van der Waals surface area contributed by atoms with Crippen LogP contribution in [0.4, 0.5) is 0 Å². The van der Waals surface area contributed by atoms with Crippen molar-refractivity contribution in [1.29, 1.82) is 0 Å². The van der Waals surface area contributed by atoms with Crippen molar-refractivity contribution in [2.75, 3.05) is 33.7 Å². The highest BCUT2D eigenvalue weighted by Gasteiger charge is 2.44. The fourth-order valence-electron chi connectivity index (χ4n) is 4.44. The predicted octanol–water partition coefficient (Wildman–Crippen LogP) is 2.31. The molecule has 0 aromatic heterocycles. The Morgan fingerprint density at radius 1 is 1.26 bits per heavy atom. The Kier molecular flexibility index (Phi) is 5.27. The van der Waals surface area contributed by atoms with Crippen LogP contribution in [0.25, 0.3) is 0 Å². The summed E-state index contributed by atoms with van der Waals surface area (Å²) < 4.78 is 0. The van der Waals surface area contributed by atoms with E-state index in [4.69, 9.17) is 5.73 Å². The third-order valence-corrected chi connectivity index (χ3v) is 5.44. The first-order valence-electron chi connectivity index (χ1n) is 8.23. The molecule has 1 aliphatic heterocycles. The Labute approximate surface area is 119 Å². The molecule has 1 heterocycles. The summed E-state index contributed by atoms with van der Waals surface area (Å²) >= 11 is 0. The van der Waals surface area contributed by atoms with E-state index in [0.717, 1.165) is 18.5 Å². The zero-order chi connectivity index (χ0) is 13.9. The van der Waals surface area contributed by atoms with Gasteiger partial charge in [-0.15, -0.1) is 0 Å². The van der Waals surface area contributed by atoms with Crippen LogP contribution in [0.2, 0.25) is 0 Å². The van der Waals surface area contributed by atoms with Gasteiger partial charge in [0.05, 0.1) is 0 Å². The van der Waals surface area contributed by atoms with Gasteiger partial charge in [0.15, 0.2) is 0 Å². The number of nitrogens with two attached hydrogens (primary N) is 1. The minimum atomic E-state index is 0.316. The fraction of sp³-hybridized carbons (Fsp3) is 1.00. The van der Waals surface area contributed by atoms with Crippen molar-refractivity contribution >= 4 is 0 Å². The van der Waals surface area contributed by atoms with Crippen LogP contribution in [0.5, 0.6) is 0 Å². The topological polar surface area (TPSA) is 32.5 Å². The highest BCUT2D eigenvalue weighted by molar-refractivity contribution is 5.01. The number of hydrogen-bond acceptors (Lipinski definition) is 3. The Morgan fingerprint density at radius 2 is 2.05 bits per heavy atom. The third kappa shape index (κ3) is 3.32. The molecular weight excluding hydrogens is 234 g/mol. The monoisotopic (exact) mass is 267 g/mol. The van der Waals surface area contributed by atoms with E-state index in [2.05, 4.69) is 30.8 Å². The second-order valence-corrected chi connectivity index (χ2v) is 7.05. The van der Waals surface area contributed by atoms with Gasteiger partial charge in [-0.05, 0) is 52.2 Å². The summed E-state index contributed by atoms with van der Waals surface area (Å²) in [5.74, 6) is 0.901. The van der Waals surface area contributed by atoms with E-state index in [1.54, 1.807) is 0 Å². The normalized spacial score (nSPS) is 37.1. The lowest BCUT2D eigenvalue weighted by molar-refractivity contribution is 0.0178. The third-order valence-electron chi connectivity index (χ3n) is 5.44. The molecule has 2 fully saturated rings. The van der Waals surface area contributed by atoms with Crippen molar-refractivity contribution in [2.24, 2.45) is 11.7 Å². The Bertz CT molecular complexity index is 279. The van der Waals surface area contributed by atoms with E-state index in [1.165, 1.54) is 58.0 Å². The van der Waals surface area contributed by atoms with Crippen molar-refractivity contribution in [1.82, 2.24) is 9.80 Å². The Balaban J connectivity index is 2.10. The number of likely N-dealkylation sites (tertiary alicyclic amines) is 1. The highest BCUT2D eigenvalue weighted by Crippen LogP contribution is 2.41. The van der Waals surface area contributed by atoms with Crippen molar-refractivity contribution < 1.29 is 0 Å². The quantitative estimate of drug-likeness (QED) is 0.829. The fourth-order valence-corrected chi connectivity index (χ4v) is 4.44. The first-order valence-corrected chi connectivity index (χ1v) is 8.23. The molecule has 0 bridgehead atoms. The SMILES string of the molecule is CCC1CCCC(CN)(N2CCCC2CN(C)C)C1. The average Bonchev–Trinajstić information content (AvgIpc) is 2.86. The van der Waals surface area contributed by atoms with Crippen molar-refractivity contribution in [3.63, 3.8) is 0 Å². The van der Waals surface area contributed by atoms with Gasteiger partial charge in [0, 0.05) is 24.7 Å². The summed E-state index contributed by atoms with van der Waals surface area (Å²) in [6.07, 6.45) is 9.50. The van der Waals surface area contributed by atoms with E-state index in [1.807, 2.05) is 0 Å². The number of hydrogen-bond donors (Lipinski definition) is 1. The first kappa shape index (κ1) is 15.3. The van der Waals surface area contributed by atoms with Crippen LogP contribution in [0.1, 0.15) is 51.9 Å². The maximum Gasteiger partial charge on any atom is 0.0337 e. The molecule has 0 aromatic rings. The molecule has 1 aliphatic carbocycles. The van der Waals surface area contributed by atoms with Gasteiger partial charge < -0.3 is 10.6 Å². The minimum absolute atomic E-state index is 0.316. The lowest BCUT2D eigenvalue weighted by Crippen LogP contribution is -2.59. The number of likely N-dealkylation sites (N-methyl/N-ethyl adjacent to an activating group) is 1. The van der Waals surface area contributed by atoms with Gasteiger partial charge >= 0.3 is 0 Å². The summed E-state index contributed by atoms with van der Waals surface area (Å²) in [5.41, 5.74) is 6.59. The van der Waals surface area contributed by atoms with Crippen LogP contribution in [-0.2, 0) is 0 Å². The summed E-state index contributed by atoms with van der Waals surface area (Å²) in [6.45, 7) is 5.66. The molecule has 2 N–H and O–H groups in total. The summed E-state index contributed by atoms with van der Waals surface area (Å²) in [5, 5.41) is 0. The Hall–Kier alpha value is -0.120. The molecule has 1 saturated carbocycles. The van der Waals surface area contributed by atoms with E-state index in [-0.39, 0.29) is 0 Å². The van der Waals surface area contributed by atoms with Gasteiger partial charge in [0.25, 0.3) is 0 Å². The molecule has 3 nitrogen and oxygen atoms in total. The van der Waals surface area contributed by atoms with Gasteiger partial charge in [-0.1, -0.05) is 26.2 Å². The van der Waals surface area contributed by atoms with Crippen molar-refractivity contribution in [3.8, 4) is 0 Å². The largest absolute Gasteiger partial charge is 0.329 e. The molecule has 19 heavy (non-hydrogen) atoms. The van der Waals surface area contributed by atoms with Gasteiger partial charge in [-0.25, -0.2) is 0 Å². The predicted molar refractivity (Wildman–Crippen MR) is 82.3 cm³/mol. The lowest BCUT2D eigenvalue weighted by Gasteiger charge is -2.49. The number of rotatable bonds is 5. The highest BCUT2D eigenvalue weighted by atomic mass is 15.3. The molecule has 3 heteroatoms. The van der Waals surface area contributed by atoms with Gasteiger partial charge in [-0.3, -0.25) is 4.90 Å². The van der Waals surface area contributed by atoms with Gasteiger partial charge in [0.2, 0.25) is 0 Å². The number of nitrogens with zero attached hydrogens (tertiary/aromatic N) is 2. The molecule has 0 aromatic carbocycles. The van der Waals surface area contributed by atoms with E-state index in [0.29, 0.717) is 5.54 Å². The van der Waals surface area contributed by atoms with Gasteiger partial charge in [0.1, 0.15) is 0 Å². The smallest absolute Gasteiger partial charge is 0.0337 e. The van der Waals surface area contributed by atoms with Gasteiger partial charge in [-0.2, -0.15) is 0 Å². The molecule has 112 valence electrons. The summed E-state index contributed by atoms with van der Waals surface area (Å²) in [7, 11) is 4.39. The average molecular weight is 267 g/mol. The zero-order valence-electron chi connectivity index (χ0n) is 13.2. The molecule has 2 rings (SSSR count). The molecular formula is C16H33N3. The maximum absolute atomic E-state index is 6.27. The van der Waals surface area contributed by atoms with Crippen LogP contribution in [-0.4, -0.2) is 55.1 Å². The molecule has 2 aliphatic rings. The first-order chi connectivity index (χ1) is 9.11. The Morgan fingerprint density at radius 3 is 2.68 bits per heavy atom. The summed E-state index contributed by atoms with van der Waals surface area (Å²) in [4.78, 5) is 5.14. The van der Waals surface area contributed by atoms with E-state index >= 15 is 0 Å².